The lowest BCUT2D eigenvalue weighted by Gasteiger charge is -2.11. The van der Waals surface area contributed by atoms with E-state index in [0.29, 0.717) is 0 Å². The van der Waals surface area contributed by atoms with E-state index < -0.39 is 0 Å². The van der Waals surface area contributed by atoms with Gasteiger partial charge in [-0.15, -0.1) is 0 Å². The average molecular weight is 312 g/mol. The van der Waals surface area contributed by atoms with Crippen molar-refractivity contribution in [2.75, 3.05) is 13.6 Å². The molecule has 3 nitrogen and oxygen atoms in total. The summed E-state index contributed by atoms with van der Waals surface area (Å²) < 4.78 is 1.10. The van der Waals surface area contributed by atoms with Crippen LogP contribution >= 0.6 is 15.9 Å². The van der Waals surface area contributed by atoms with Crippen molar-refractivity contribution in [3.8, 4) is 0 Å². The van der Waals surface area contributed by atoms with Gasteiger partial charge in [-0.1, -0.05) is 47.8 Å². The molecule has 0 aliphatic heterocycles. The van der Waals surface area contributed by atoms with Gasteiger partial charge in [-0.05, 0) is 24.1 Å². The zero-order valence-electron chi connectivity index (χ0n) is 11.2. The molecule has 100 valence electrons. The lowest BCUT2D eigenvalue weighted by molar-refractivity contribution is 0.683. The predicted molar refractivity (Wildman–Crippen MR) is 81.9 cm³/mol. The second-order valence-electron chi connectivity index (χ2n) is 4.19. The Balaban J connectivity index is 2.29. The maximum Gasteiger partial charge on any atom is 0.191 e. The Morgan fingerprint density at radius 3 is 2.50 bits per heavy atom. The minimum atomic E-state index is 0.792. The smallest absolute Gasteiger partial charge is 0.191 e. The Labute approximate surface area is 118 Å². The highest BCUT2D eigenvalue weighted by atomic mass is 79.9. The fourth-order valence-electron chi connectivity index (χ4n) is 1.59. The molecule has 0 bridgehead atoms. The van der Waals surface area contributed by atoms with Gasteiger partial charge in [0, 0.05) is 24.6 Å². The van der Waals surface area contributed by atoms with E-state index in [2.05, 4.69) is 62.7 Å². The number of benzene rings is 1. The van der Waals surface area contributed by atoms with Crippen LogP contribution in [0.2, 0.25) is 0 Å². The standard InChI is InChI=1S/C14H22BrN3/c1-3-4-5-10-17-14(16-2)18-11-12-6-8-13(15)9-7-12/h6-9H,3-5,10-11H2,1-2H3,(H2,16,17,18). The van der Waals surface area contributed by atoms with Gasteiger partial charge in [-0.2, -0.15) is 0 Å². The summed E-state index contributed by atoms with van der Waals surface area (Å²) in [5.74, 6) is 0.869. The van der Waals surface area contributed by atoms with Crippen LogP contribution in [-0.4, -0.2) is 19.6 Å². The third kappa shape index (κ3) is 6.05. The van der Waals surface area contributed by atoms with Crippen LogP contribution in [0.5, 0.6) is 0 Å². The monoisotopic (exact) mass is 311 g/mol. The van der Waals surface area contributed by atoms with Crippen LogP contribution in [0.25, 0.3) is 0 Å². The summed E-state index contributed by atoms with van der Waals surface area (Å²) in [5, 5.41) is 6.62. The third-order valence-corrected chi connectivity index (χ3v) is 3.20. The molecule has 0 aromatic heterocycles. The summed E-state index contributed by atoms with van der Waals surface area (Å²) in [7, 11) is 1.80. The Kier molecular flexibility index (Phi) is 7.49. The summed E-state index contributed by atoms with van der Waals surface area (Å²) >= 11 is 3.43. The quantitative estimate of drug-likeness (QED) is 0.480. The van der Waals surface area contributed by atoms with Crippen LogP contribution in [0, 0.1) is 0 Å². The Hall–Kier alpha value is -1.03. The second-order valence-corrected chi connectivity index (χ2v) is 5.10. The van der Waals surface area contributed by atoms with Gasteiger partial charge in [0.25, 0.3) is 0 Å². The van der Waals surface area contributed by atoms with Crippen LogP contribution in [-0.2, 0) is 6.54 Å². The SMILES string of the molecule is CCCCCNC(=NC)NCc1ccc(Br)cc1. The molecule has 0 fully saturated rings. The van der Waals surface area contributed by atoms with Crippen molar-refractivity contribution in [1.29, 1.82) is 0 Å². The topological polar surface area (TPSA) is 36.4 Å². The van der Waals surface area contributed by atoms with Crippen molar-refractivity contribution >= 4 is 21.9 Å². The number of unbranched alkanes of at least 4 members (excludes halogenated alkanes) is 2. The van der Waals surface area contributed by atoms with Gasteiger partial charge in [-0.25, -0.2) is 0 Å². The molecule has 4 heteroatoms. The van der Waals surface area contributed by atoms with Crippen LogP contribution in [0.1, 0.15) is 31.7 Å². The van der Waals surface area contributed by atoms with E-state index in [1.54, 1.807) is 7.05 Å². The number of guanidine groups is 1. The first-order chi connectivity index (χ1) is 8.76. The Bertz CT molecular complexity index is 360. The van der Waals surface area contributed by atoms with Gasteiger partial charge in [0.2, 0.25) is 0 Å². The van der Waals surface area contributed by atoms with E-state index in [1.165, 1.54) is 24.8 Å². The lowest BCUT2D eigenvalue weighted by Crippen LogP contribution is -2.37. The van der Waals surface area contributed by atoms with Crippen LogP contribution < -0.4 is 10.6 Å². The highest BCUT2D eigenvalue weighted by Crippen LogP contribution is 2.10. The maximum absolute atomic E-state index is 4.20. The van der Waals surface area contributed by atoms with E-state index >= 15 is 0 Å². The van der Waals surface area contributed by atoms with Crippen molar-refractivity contribution in [3.05, 3.63) is 34.3 Å². The van der Waals surface area contributed by atoms with Gasteiger partial charge in [0.1, 0.15) is 0 Å². The molecule has 0 amide bonds. The number of rotatable bonds is 6. The number of nitrogens with zero attached hydrogens (tertiary/aromatic N) is 1. The number of halogens is 1. The van der Waals surface area contributed by atoms with E-state index in [0.717, 1.165) is 23.5 Å². The Morgan fingerprint density at radius 1 is 1.17 bits per heavy atom. The third-order valence-electron chi connectivity index (χ3n) is 2.67. The van der Waals surface area contributed by atoms with E-state index in [4.69, 9.17) is 0 Å². The van der Waals surface area contributed by atoms with Gasteiger partial charge in [0.05, 0.1) is 0 Å². The summed E-state index contributed by atoms with van der Waals surface area (Å²) in [4.78, 5) is 4.20. The van der Waals surface area contributed by atoms with Crippen LogP contribution in [0.15, 0.2) is 33.7 Å². The molecule has 18 heavy (non-hydrogen) atoms. The first-order valence-corrected chi connectivity index (χ1v) is 7.24. The number of aliphatic imine (C=N–C) groups is 1. The summed E-state index contributed by atoms with van der Waals surface area (Å²) in [6.45, 7) is 3.98. The molecule has 1 aromatic rings. The highest BCUT2D eigenvalue weighted by Gasteiger charge is 1.97. The van der Waals surface area contributed by atoms with Crippen molar-refractivity contribution in [3.63, 3.8) is 0 Å². The van der Waals surface area contributed by atoms with Crippen molar-refractivity contribution in [2.24, 2.45) is 4.99 Å². The molecule has 0 unspecified atom stereocenters. The van der Waals surface area contributed by atoms with Gasteiger partial charge < -0.3 is 10.6 Å². The zero-order valence-corrected chi connectivity index (χ0v) is 12.8. The zero-order chi connectivity index (χ0) is 13.2. The molecule has 1 rings (SSSR count). The molecule has 0 atom stereocenters. The minimum Gasteiger partial charge on any atom is -0.356 e. The van der Waals surface area contributed by atoms with E-state index in [1.807, 2.05) is 0 Å². The average Bonchev–Trinajstić information content (AvgIpc) is 2.40. The van der Waals surface area contributed by atoms with E-state index in [-0.39, 0.29) is 0 Å². The van der Waals surface area contributed by atoms with Gasteiger partial charge in [0.15, 0.2) is 5.96 Å². The Morgan fingerprint density at radius 2 is 1.89 bits per heavy atom. The molecule has 0 radical (unpaired) electrons. The van der Waals surface area contributed by atoms with E-state index in [9.17, 15) is 0 Å². The first kappa shape index (κ1) is 15.0. The predicted octanol–water partition coefficient (Wildman–Crippen LogP) is 3.30. The van der Waals surface area contributed by atoms with Crippen LogP contribution in [0.4, 0.5) is 0 Å². The summed E-state index contributed by atoms with van der Waals surface area (Å²) in [5.41, 5.74) is 1.25. The molecule has 0 saturated heterocycles. The molecule has 0 aliphatic rings. The number of hydrogen-bond acceptors (Lipinski definition) is 1. The maximum atomic E-state index is 4.20. The molecular formula is C14H22BrN3. The number of hydrogen-bond donors (Lipinski definition) is 2. The molecular weight excluding hydrogens is 290 g/mol. The molecule has 0 spiro atoms. The fraction of sp³-hybridized carbons (Fsp3) is 0.500. The largest absolute Gasteiger partial charge is 0.356 e. The van der Waals surface area contributed by atoms with Crippen LogP contribution in [0.3, 0.4) is 0 Å². The van der Waals surface area contributed by atoms with Crippen molar-refractivity contribution < 1.29 is 0 Å². The second kappa shape index (κ2) is 8.97. The molecule has 2 N–H and O–H groups in total. The lowest BCUT2D eigenvalue weighted by atomic mass is 10.2. The molecule has 0 heterocycles. The van der Waals surface area contributed by atoms with Gasteiger partial charge >= 0.3 is 0 Å². The van der Waals surface area contributed by atoms with Gasteiger partial charge in [-0.3, -0.25) is 4.99 Å². The summed E-state index contributed by atoms with van der Waals surface area (Å²) in [6, 6.07) is 8.30. The minimum absolute atomic E-state index is 0.792. The van der Waals surface area contributed by atoms with Crippen molar-refractivity contribution in [1.82, 2.24) is 10.6 Å². The molecule has 1 aromatic carbocycles. The first-order valence-electron chi connectivity index (χ1n) is 6.45. The van der Waals surface area contributed by atoms with Crippen molar-refractivity contribution in [2.45, 2.75) is 32.7 Å². The molecule has 0 aliphatic carbocycles. The number of nitrogens with one attached hydrogen (secondary N) is 2. The highest BCUT2D eigenvalue weighted by molar-refractivity contribution is 9.10. The normalized spacial score (nSPS) is 11.4. The fourth-order valence-corrected chi connectivity index (χ4v) is 1.85. The molecule has 0 saturated carbocycles. The summed E-state index contributed by atoms with van der Waals surface area (Å²) in [6.07, 6.45) is 3.69.